The van der Waals surface area contributed by atoms with Gasteiger partial charge in [-0.3, -0.25) is 0 Å². The maximum atomic E-state index is 12.1. The highest BCUT2D eigenvalue weighted by molar-refractivity contribution is 7.92. The molecule has 1 aromatic rings. The maximum absolute atomic E-state index is 12.1. The highest BCUT2D eigenvalue weighted by atomic mass is 32.2. The minimum Gasteiger partial charge on any atom is -0.508 e. The number of benzene rings is 1. The summed E-state index contributed by atoms with van der Waals surface area (Å²) in [6, 6.07) is 4.36. The number of alkyl halides is 3. The highest BCUT2D eigenvalue weighted by Gasteiger charge is 2.44. The number of sulfone groups is 1. The molecule has 1 rings (SSSR count). The van der Waals surface area contributed by atoms with Crippen LogP contribution in [0.5, 0.6) is 5.75 Å². The first kappa shape index (κ1) is 13.8. The van der Waals surface area contributed by atoms with Gasteiger partial charge in [-0.2, -0.15) is 13.2 Å². The summed E-state index contributed by atoms with van der Waals surface area (Å²) in [5.41, 5.74) is -4.31. The molecule has 7 heteroatoms. The monoisotopic (exact) mass is 268 g/mol. The van der Waals surface area contributed by atoms with Crippen LogP contribution in [0.25, 0.3) is 0 Å². The van der Waals surface area contributed by atoms with Crippen LogP contribution in [0.2, 0.25) is 0 Å². The third-order valence-electron chi connectivity index (χ3n) is 2.23. The van der Waals surface area contributed by atoms with Gasteiger partial charge in [-0.25, -0.2) is 8.42 Å². The van der Waals surface area contributed by atoms with E-state index in [-0.39, 0.29) is 17.7 Å². The second-order valence-electron chi connectivity index (χ2n) is 3.65. The fraction of sp³-hybridized carbons (Fsp3) is 0.400. The molecule has 1 aromatic carbocycles. The number of aromatic hydroxyl groups is 1. The van der Waals surface area contributed by atoms with Gasteiger partial charge in [0.2, 0.25) is 9.84 Å². The Kier molecular flexibility index (Phi) is 3.71. The Balaban J connectivity index is 2.85. The van der Waals surface area contributed by atoms with Crippen molar-refractivity contribution in [3.63, 3.8) is 0 Å². The van der Waals surface area contributed by atoms with E-state index in [1.165, 1.54) is 12.1 Å². The van der Waals surface area contributed by atoms with E-state index in [9.17, 15) is 26.7 Å². The van der Waals surface area contributed by atoms with Crippen molar-refractivity contribution < 1.29 is 26.7 Å². The summed E-state index contributed by atoms with van der Waals surface area (Å²) in [5, 5.41) is 9.36. The van der Waals surface area contributed by atoms with Gasteiger partial charge in [-0.15, -0.1) is 0 Å². The van der Waals surface area contributed by atoms with Crippen molar-refractivity contribution >= 4 is 9.84 Å². The zero-order valence-electron chi connectivity index (χ0n) is 8.95. The summed E-state index contributed by atoms with van der Waals surface area (Å²) in [6.45, 7) is 1.70. The number of aryl methyl sites for hydroxylation is 2. The summed E-state index contributed by atoms with van der Waals surface area (Å²) in [4.78, 5) is 0. The largest absolute Gasteiger partial charge is 0.508 e. The first-order chi connectivity index (χ1) is 7.63. The molecule has 17 heavy (non-hydrogen) atoms. The summed E-state index contributed by atoms with van der Waals surface area (Å²) in [7, 11) is -5.14. The summed E-state index contributed by atoms with van der Waals surface area (Å²) >= 11 is 0. The number of hydrogen-bond acceptors (Lipinski definition) is 3. The average Bonchev–Trinajstić information content (AvgIpc) is 2.18. The van der Waals surface area contributed by atoms with Crippen molar-refractivity contribution in [1.29, 1.82) is 0 Å². The normalized spacial score (nSPS) is 12.7. The van der Waals surface area contributed by atoms with Gasteiger partial charge in [-0.05, 0) is 25.0 Å². The molecule has 0 unspecified atom stereocenters. The Morgan fingerprint density at radius 1 is 1.29 bits per heavy atom. The van der Waals surface area contributed by atoms with Crippen LogP contribution in [0.3, 0.4) is 0 Å². The Hall–Kier alpha value is -1.24. The van der Waals surface area contributed by atoms with Crippen LogP contribution in [0.1, 0.15) is 11.1 Å². The Bertz CT molecular complexity index is 506. The van der Waals surface area contributed by atoms with Crippen LogP contribution in [0.15, 0.2) is 18.2 Å². The number of phenolic OH excluding ortho intramolecular Hbond substituents is 1. The zero-order chi connectivity index (χ0) is 13.3. The second kappa shape index (κ2) is 4.56. The molecular formula is C10H11F3O3S. The number of rotatable bonds is 3. The van der Waals surface area contributed by atoms with E-state index >= 15 is 0 Å². The Labute approximate surface area is 96.8 Å². The van der Waals surface area contributed by atoms with E-state index < -0.39 is 21.1 Å². The van der Waals surface area contributed by atoms with E-state index in [0.717, 1.165) is 5.56 Å². The van der Waals surface area contributed by atoms with Crippen LogP contribution in [-0.4, -0.2) is 24.8 Å². The molecular weight excluding hydrogens is 257 g/mol. The molecule has 0 amide bonds. The van der Waals surface area contributed by atoms with Crippen LogP contribution in [0.4, 0.5) is 13.2 Å². The van der Waals surface area contributed by atoms with Gasteiger partial charge >= 0.3 is 5.51 Å². The number of halogens is 3. The van der Waals surface area contributed by atoms with Crippen LogP contribution < -0.4 is 0 Å². The first-order valence-electron chi connectivity index (χ1n) is 4.71. The quantitative estimate of drug-likeness (QED) is 0.914. The lowest BCUT2D eigenvalue weighted by Gasteiger charge is -2.09. The third kappa shape index (κ3) is 3.36. The minimum absolute atomic E-state index is 0.192. The Morgan fingerprint density at radius 3 is 2.41 bits per heavy atom. The maximum Gasteiger partial charge on any atom is 0.497 e. The number of phenols is 1. The predicted octanol–water partition coefficient (Wildman–Crippen LogP) is 2.18. The smallest absolute Gasteiger partial charge is 0.497 e. The zero-order valence-corrected chi connectivity index (χ0v) is 9.77. The van der Waals surface area contributed by atoms with E-state index in [0.29, 0.717) is 0 Å². The SMILES string of the molecule is Cc1ccc(O)c(CCS(=O)(=O)C(F)(F)F)c1. The van der Waals surface area contributed by atoms with E-state index in [2.05, 4.69) is 0 Å². The lowest BCUT2D eigenvalue weighted by atomic mass is 10.1. The molecule has 0 aliphatic rings. The van der Waals surface area contributed by atoms with Gasteiger partial charge in [0.1, 0.15) is 5.75 Å². The van der Waals surface area contributed by atoms with Crippen molar-refractivity contribution in [3.05, 3.63) is 29.3 Å². The molecule has 0 fully saturated rings. The van der Waals surface area contributed by atoms with Crippen molar-refractivity contribution in [3.8, 4) is 5.75 Å². The molecule has 0 aromatic heterocycles. The van der Waals surface area contributed by atoms with Crippen LogP contribution >= 0.6 is 0 Å². The number of hydrogen-bond donors (Lipinski definition) is 1. The van der Waals surface area contributed by atoms with Gasteiger partial charge in [0.05, 0.1) is 5.75 Å². The molecule has 0 radical (unpaired) electrons. The van der Waals surface area contributed by atoms with Crippen LogP contribution in [0, 0.1) is 6.92 Å². The molecule has 0 saturated heterocycles. The lowest BCUT2D eigenvalue weighted by Crippen LogP contribution is -2.27. The standard InChI is InChI=1S/C10H11F3O3S/c1-7-2-3-9(14)8(6-7)4-5-17(15,16)10(11,12)13/h2-3,6,14H,4-5H2,1H3. The summed E-state index contributed by atoms with van der Waals surface area (Å²) in [5.74, 6) is -1.26. The molecule has 0 aliphatic heterocycles. The van der Waals surface area contributed by atoms with Gasteiger partial charge in [0, 0.05) is 0 Å². The topological polar surface area (TPSA) is 54.4 Å². The molecule has 3 nitrogen and oxygen atoms in total. The van der Waals surface area contributed by atoms with Crippen molar-refractivity contribution in [2.75, 3.05) is 5.75 Å². The van der Waals surface area contributed by atoms with E-state index in [1.807, 2.05) is 0 Å². The fourth-order valence-electron chi connectivity index (χ4n) is 1.27. The molecule has 0 atom stereocenters. The van der Waals surface area contributed by atoms with Crippen molar-refractivity contribution in [1.82, 2.24) is 0 Å². The molecule has 0 aliphatic carbocycles. The first-order valence-corrected chi connectivity index (χ1v) is 6.36. The molecule has 0 bridgehead atoms. The van der Waals surface area contributed by atoms with E-state index in [1.54, 1.807) is 13.0 Å². The molecule has 96 valence electrons. The fourth-order valence-corrected chi connectivity index (χ4v) is 1.99. The second-order valence-corrected chi connectivity index (χ2v) is 5.75. The molecule has 1 N–H and O–H groups in total. The van der Waals surface area contributed by atoms with Gasteiger partial charge in [0.15, 0.2) is 0 Å². The molecule has 0 heterocycles. The summed E-state index contributed by atoms with van der Waals surface area (Å²) < 4.78 is 57.8. The van der Waals surface area contributed by atoms with Gasteiger partial charge in [-0.1, -0.05) is 17.7 Å². The highest BCUT2D eigenvalue weighted by Crippen LogP contribution is 2.26. The van der Waals surface area contributed by atoms with Crippen LogP contribution in [-0.2, 0) is 16.3 Å². The van der Waals surface area contributed by atoms with Gasteiger partial charge in [0.25, 0.3) is 0 Å². The summed E-state index contributed by atoms with van der Waals surface area (Å²) in [6.07, 6.45) is -0.366. The minimum atomic E-state index is -5.24. The van der Waals surface area contributed by atoms with Gasteiger partial charge < -0.3 is 5.11 Å². The molecule has 0 spiro atoms. The third-order valence-corrected chi connectivity index (χ3v) is 3.67. The average molecular weight is 268 g/mol. The van der Waals surface area contributed by atoms with Crippen molar-refractivity contribution in [2.45, 2.75) is 18.9 Å². The predicted molar refractivity (Wildman–Crippen MR) is 56.4 cm³/mol. The Morgan fingerprint density at radius 2 is 1.88 bits per heavy atom. The van der Waals surface area contributed by atoms with Crippen molar-refractivity contribution in [2.24, 2.45) is 0 Å². The lowest BCUT2D eigenvalue weighted by molar-refractivity contribution is -0.0435. The molecule has 0 saturated carbocycles. The van der Waals surface area contributed by atoms with E-state index in [4.69, 9.17) is 0 Å².